The lowest BCUT2D eigenvalue weighted by Gasteiger charge is -2.18. The zero-order valence-corrected chi connectivity index (χ0v) is 8.55. The van der Waals surface area contributed by atoms with Gasteiger partial charge in [0.1, 0.15) is 0 Å². The second-order valence-corrected chi connectivity index (χ2v) is 4.69. The van der Waals surface area contributed by atoms with Crippen molar-refractivity contribution in [2.45, 2.75) is 47.0 Å². The van der Waals surface area contributed by atoms with Gasteiger partial charge in [0.05, 0.1) is 5.92 Å². The maximum Gasteiger partial charge on any atom is 0.306 e. The lowest BCUT2D eigenvalue weighted by Crippen LogP contribution is -2.11. The Labute approximate surface area is 75.0 Å². The van der Waals surface area contributed by atoms with Crippen molar-refractivity contribution in [1.29, 1.82) is 0 Å². The number of aliphatic carboxylic acids is 1. The third-order valence-corrected chi connectivity index (χ3v) is 1.99. The van der Waals surface area contributed by atoms with Crippen LogP contribution in [0.25, 0.3) is 0 Å². The van der Waals surface area contributed by atoms with E-state index in [0.717, 1.165) is 19.3 Å². The van der Waals surface area contributed by atoms with E-state index in [-0.39, 0.29) is 5.92 Å². The van der Waals surface area contributed by atoms with E-state index in [4.69, 9.17) is 5.11 Å². The third kappa shape index (κ3) is 6.20. The molecule has 0 aromatic carbocycles. The van der Waals surface area contributed by atoms with Gasteiger partial charge in [-0.05, 0) is 18.3 Å². The molecule has 12 heavy (non-hydrogen) atoms. The molecule has 2 heteroatoms. The first kappa shape index (κ1) is 11.5. The van der Waals surface area contributed by atoms with Crippen LogP contribution in [0.2, 0.25) is 0 Å². The first-order chi connectivity index (χ1) is 5.33. The molecule has 0 spiro atoms. The van der Waals surface area contributed by atoms with Crippen LogP contribution in [-0.2, 0) is 4.79 Å². The zero-order valence-electron chi connectivity index (χ0n) is 8.55. The molecule has 0 bridgehead atoms. The monoisotopic (exact) mass is 172 g/mol. The van der Waals surface area contributed by atoms with Gasteiger partial charge in [0.15, 0.2) is 0 Å². The van der Waals surface area contributed by atoms with E-state index in [0.29, 0.717) is 5.41 Å². The minimum Gasteiger partial charge on any atom is -0.481 e. The van der Waals surface area contributed by atoms with Crippen molar-refractivity contribution in [3.05, 3.63) is 0 Å². The van der Waals surface area contributed by atoms with Crippen LogP contribution < -0.4 is 0 Å². The number of carboxylic acid groups (broad SMARTS) is 1. The number of carboxylic acids is 1. The summed E-state index contributed by atoms with van der Waals surface area (Å²) >= 11 is 0. The van der Waals surface area contributed by atoms with Crippen LogP contribution in [0.15, 0.2) is 0 Å². The largest absolute Gasteiger partial charge is 0.481 e. The molecule has 0 aliphatic rings. The minimum atomic E-state index is -0.677. The average molecular weight is 172 g/mol. The third-order valence-electron chi connectivity index (χ3n) is 1.99. The molecule has 0 aliphatic carbocycles. The Morgan fingerprint density at radius 3 is 2.25 bits per heavy atom. The van der Waals surface area contributed by atoms with Gasteiger partial charge < -0.3 is 5.11 Å². The van der Waals surface area contributed by atoms with Crippen LogP contribution >= 0.6 is 0 Å². The standard InChI is InChI=1S/C10H20O2/c1-8(9(11)12)6-5-7-10(2,3)4/h8H,5-7H2,1-4H3,(H,11,12)/t8-/m1/s1. The van der Waals surface area contributed by atoms with Crippen molar-refractivity contribution in [3.63, 3.8) is 0 Å². The van der Waals surface area contributed by atoms with E-state index >= 15 is 0 Å². The van der Waals surface area contributed by atoms with E-state index < -0.39 is 5.97 Å². The molecule has 0 saturated carbocycles. The average Bonchev–Trinajstić information content (AvgIpc) is 1.84. The molecule has 0 rings (SSSR count). The second-order valence-electron chi connectivity index (χ2n) is 4.69. The Bertz CT molecular complexity index is 144. The minimum absolute atomic E-state index is 0.188. The normalized spacial score (nSPS) is 14.3. The summed E-state index contributed by atoms with van der Waals surface area (Å²) in [5, 5.41) is 8.61. The highest BCUT2D eigenvalue weighted by Crippen LogP contribution is 2.23. The van der Waals surface area contributed by atoms with Crippen LogP contribution in [0.1, 0.15) is 47.0 Å². The SMILES string of the molecule is C[C@H](CCCC(C)(C)C)C(=O)O. The molecule has 1 atom stereocenters. The molecule has 0 radical (unpaired) electrons. The summed E-state index contributed by atoms with van der Waals surface area (Å²) in [7, 11) is 0. The number of carbonyl (C=O) groups is 1. The molecule has 0 heterocycles. The van der Waals surface area contributed by atoms with Crippen LogP contribution in [-0.4, -0.2) is 11.1 Å². The molecule has 1 N–H and O–H groups in total. The van der Waals surface area contributed by atoms with Gasteiger partial charge in [0.25, 0.3) is 0 Å². The Kier molecular flexibility index (Phi) is 4.29. The summed E-state index contributed by atoms with van der Waals surface area (Å²) in [6, 6.07) is 0. The summed E-state index contributed by atoms with van der Waals surface area (Å²) in [5.41, 5.74) is 0.332. The van der Waals surface area contributed by atoms with Crippen molar-refractivity contribution < 1.29 is 9.90 Å². The fourth-order valence-electron chi connectivity index (χ4n) is 1.06. The number of rotatable bonds is 4. The van der Waals surface area contributed by atoms with Crippen molar-refractivity contribution >= 4 is 5.97 Å². The highest BCUT2D eigenvalue weighted by molar-refractivity contribution is 5.69. The first-order valence-corrected chi connectivity index (χ1v) is 4.56. The molecule has 0 unspecified atom stereocenters. The van der Waals surface area contributed by atoms with E-state index in [1.54, 1.807) is 6.92 Å². The van der Waals surface area contributed by atoms with E-state index in [1.807, 2.05) is 0 Å². The van der Waals surface area contributed by atoms with Gasteiger partial charge in [-0.2, -0.15) is 0 Å². The van der Waals surface area contributed by atoms with Crippen molar-refractivity contribution in [3.8, 4) is 0 Å². The van der Waals surface area contributed by atoms with Gasteiger partial charge >= 0.3 is 5.97 Å². The van der Waals surface area contributed by atoms with Crippen molar-refractivity contribution in [2.24, 2.45) is 11.3 Å². The molecular weight excluding hydrogens is 152 g/mol. The number of hydrogen-bond acceptors (Lipinski definition) is 1. The van der Waals surface area contributed by atoms with E-state index in [2.05, 4.69) is 20.8 Å². The van der Waals surface area contributed by atoms with Gasteiger partial charge in [-0.1, -0.05) is 34.1 Å². The maximum absolute atomic E-state index is 10.5. The van der Waals surface area contributed by atoms with Crippen LogP contribution in [0.4, 0.5) is 0 Å². The van der Waals surface area contributed by atoms with Crippen LogP contribution in [0.5, 0.6) is 0 Å². The summed E-state index contributed by atoms with van der Waals surface area (Å²) in [6.45, 7) is 8.31. The summed E-state index contributed by atoms with van der Waals surface area (Å²) in [6.07, 6.45) is 2.91. The summed E-state index contributed by atoms with van der Waals surface area (Å²) < 4.78 is 0. The summed E-state index contributed by atoms with van der Waals surface area (Å²) in [4.78, 5) is 10.5. The van der Waals surface area contributed by atoms with E-state index in [9.17, 15) is 4.79 Å². The molecule has 0 amide bonds. The Hall–Kier alpha value is -0.530. The Morgan fingerprint density at radius 1 is 1.42 bits per heavy atom. The van der Waals surface area contributed by atoms with Gasteiger partial charge in [0.2, 0.25) is 0 Å². The first-order valence-electron chi connectivity index (χ1n) is 4.56. The molecular formula is C10H20O2. The highest BCUT2D eigenvalue weighted by atomic mass is 16.4. The molecule has 0 saturated heterocycles. The predicted octanol–water partition coefficient (Wildman–Crippen LogP) is 2.92. The molecule has 0 fully saturated rings. The number of hydrogen-bond donors (Lipinski definition) is 1. The Balaban J connectivity index is 3.51. The molecule has 0 aromatic rings. The quantitative estimate of drug-likeness (QED) is 0.708. The van der Waals surface area contributed by atoms with Crippen molar-refractivity contribution in [1.82, 2.24) is 0 Å². The van der Waals surface area contributed by atoms with Crippen LogP contribution in [0, 0.1) is 11.3 Å². The lowest BCUT2D eigenvalue weighted by molar-refractivity contribution is -0.141. The molecule has 2 nitrogen and oxygen atoms in total. The van der Waals surface area contributed by atoms with E-state index in [1.165, 1.54) is 0 Å². The fraction of sp³-hybridized carbons (Fsp3) is 0.900. The predicted molar refractivity (Wildman–Crippen MR) is 50.1 cm³/mol. The molecule has 72 valence electrons. The van der Waals surface area contributed by atoms with Crippen molar-refractivity contribution in [2.75, 3.05) is 0 Å². The molecule has 0 aromatic heterocycles. The summed E-state index contributed by atoms with van der Waals surface area (Å²) in [5.74, 6) is -0.865. The van der Waals surface area contributed by atoms with Gasteiger partial charge in [-0.15, -0.1) is 0 Å². The lowest BCUT2D eigenvalue weighted by atomic mass is 9.88. The topological polar surface area (TPSA) is 37.3 Å². The highest BCUT2D eigenvalue weighted by Gasteiger charge is 2.13. The van der Waals surface area contributed by atoms with Crippen LogP contribution in [0.3, 0.4) is 0 Å². The fourth-order valence-corrected chi connectivity index (χ4v) is 1.06. The maximum atomic E-state index is 10.5. The molecule has 0 aliphatic heterocycles. The van der Waals surface area contributed by atoms with Gasteiger partial charge in [-0.25, -0.2) is 0 Å². The Morgan fingerprint density at radius 2 is 1.92 bits per heavy atom. The van der Waals surface area contributed by atoms with Gasteiger partial charge in [-0.3, -0.25) is 4.79 Å². The smallest absolute Gasteiger partial charge is 0.306 e. The second kappa shape index (κ2) is 4.48. The zero-order chi connectivity index (χ0) is 9.78. The van der Waals surface area contributed by atoms with Gasteiger partial charge in [0, 0.05) is 0 Å².